The summed E-state index contributed by atoms with van der Waals surface area (Å²) in [5.74, 6) is -1.16. The molecule has 2 aromatic rings. The molecule has 0 spiro atoms. The third-order valence-electron chi connectivity index (χ3n) is 4.13. The van der Waals surface area contributed by atoms with Crippen molar-refractivity contribution in [3.63, 3.8) is 0 Å². The number of methoxy groups -OCH3 is 2. The van der Waals surface area contributed by atoms with Crippen molar-refractivity contribution in [1.82, 2.24) is 10.4 Å². The number of ether oxygens (including phenoxy) is 3. The summed E-state index contributed by atoms with van der Waals surface area (Å²) in [4.78, 5) is 39.6. The number of esters is 2. The number of carbonyl (C=O) groups is 3. The minimum atomic E-state index is -0.701. The van der Waals surface area contributed by atoms with Gasteiger partial charge in [0.1, 0.15) is 5.71 Å². The molecular formula is C19H19N3O7. The molecule has 1 aliphatic heterocycles. The van der Waals surface area contributed by atoms with Crippen molar-refractivity contribution in [3.8, 4) is 5.88 Å². The monoisotopic (exact) mass is 401 g/mol. The number of nitrogens with one attached hydrogen (secondary N) is 2. The number of aromatic amines is 1. The van der Waals surface area contributed by atoms with Crippen LogP contribution in [0, 0.1) is 0 Å². The number of hydrogen-bond acceptors (Lipinski definition) is 8. The molecule has 0 bridgehead atoms. The summed E-state index contributed by atoms with van der Waals surface area (Å²) in [7, 11) is 2.46. The van der Waals surface area contributed by atoms with Crippen molar-refractivity contribution in [2.45, 2.75) is 13.3 Å². The average Bonchev–Trinajstić information content (AvgIpc) is 3.43. The van der Waals surface area contributed by atoms with Gasteiger partial charge in [0.15, 0.2) is 11.6 Å². The van der Waals surface area contributed by atoms with Gasteiger partial charge in [-0.3, -0.25) is 9.59 Å². The van der Waals surface area contributed by atoms with Crippen LogP contribution in [0.25, 0.3) is 6.08 Å². The van der Waals surface area contributed by atoms with E-state index in [0.717, 1.165) is 0 Å². The Morgan fingerprint density at radius 2 is 2.07 bits per heavy atom. The standard InChI is InChI=1S/C19H19N3O7/c1-4-28-18-10(9-14(23)26-2)15(19(25)27-3)12(20-18)8-11-16(21-22-17(11)24)13-6-5-7-29-13/h5-8,20H,4,9H2,1-3H3,(H,22,24). The Balaban J connectivity index is 2.15. The van der Waals surface area contributed by atoms with Gasteiger partial charge in [0, 0.05) is 5.56 Å². The first-order valence-corrected chi connectivity index (χ1v) is 8.66. The zero-order valence-electron chi connectivity index (χ0n) is 16.0. The Labute approximate surface area is 165 Å². The zero-order valence-corrected chi connectivity index (χ0v) is 16.0. The van der Waals surface area contributed by atoms with Crippen molar-refractivity contribution >= 4 is 29.6 Å². The summed E-state index contributed by atoms with van der Waals surface area (Å²) in [6, 6.07) is 3.31. The van der Waals surface area contributed by atoms with E-state index in [-0.39, 0.29) is 47.0 Å². The molecule has 0 aromatic carbocycles. The van der Waals surface area contributed by atoms with Crippen molar-refractivity contribution in [1.29, 1.82) is 0 Å². The molecule has 3 rings (SSSR count). The summed E-state index contributed by atoms with van der Waals surface area (Å²) < 4.78 is 20.4. The molecule has 0 fully saturated rings. The Bertz CT molecular complexity index is 999. The van der Waals surface area contributed by atoms with Crippen LogP contribution in [0.1, 0.15) is 34.3 Å². The number of hydrogen-bond donors (Lipinski definition) is 2. The fourth-order valence-electron chi connectivity index (χ4n) is 2.85. The largest absolute Gasteiger partial charge is 0.479 e. The van der Waals surface area contributed by atoms with Crippen LogP contribution in [0.15, 0.2) is 33.5 Å². The predicted molar refractivity (Wildman–Crippen MR) is 100 cm³/mol. The summed E-state index contributed by atoms with van der Waals surface area (Å²) >= 11 is 0. The minimum absolute atomic E-state index is 0.0624. The molecule has 0 unspecified atom stereocenters. The highest BCUT2D eigenvalue weighted by Crippen LogP contribution is 2.30. The van der Waals surface area contributed by atoms with Crippen LogP contribution in [-0.2, 0) is 25.5 Å². The Kier molecular flexibility index (Phi) is 5.82. The van der Waals surface area contributed by atoms with Crippen molar-refractivity contribution in [2.75, 3.05) is 20.8 Å². The van der Waals surface area contributed by atoms with Gasteiger partial charge in [0.05, 0.1) is 50.3 Å². The summed E-state index contributed by atoms with van der Waals surface area (Å²) in [6.07, 6.45) is 2.66. The highest BCUT2D eigenvalue weighted by atomic mass is 16.5. The SMILES string of the molecule is CCOc1[nH]c(C=C2C(=O)NN=C2c2ccco2)c(C(=O)OC)c1CC(=O)OC. The Morgan fingerprint density at radius 1 is 1.28 bits per heavy atom. The number of amides is 1. The summed E-state index contributed by atoms with van der Waals surface area (Å²) in [5.41, 5.74) is 3.37. The molecule has 0 atom stereocenters. The first-order chi connectivity index (χ1) is 14.0. The fourth-order valence-corrected chi connectivity index (χ4v) is 2.85. The maximum atomic E-state index is 12.5. The second-order valence-electron chi connectivity index (χ2n) is 5.84. The number of furan rings is 1. The van der Waals surface area contributed by atoms with Gasteiger partial charge >= 0.3 is 11.9 Å². The fraction of sp³-hybridized carbons (Fsp3) is 0.263. The second-order valence-corrected chi connectivity index (χ2v) is 5.84. The highest BCUT2D eigenvalue weighted by molar-refractivity contribution is 6.32. The number of aromatic nitrogens is 1. The lowest BCUT2D eigenvalue weighted by molar-refractivity contribution is -0.139. The van der Waals surface area contributed by atoms with Crippen LogP contribution >= 0.6 is 0 Å². The van der Waals surface area contributed by atoms with Crippen molar-refractivity contribution in [3.05, 3.63) is 46.6 Å². The molecule has 1 amide bonds. The predicted octanol–water partition coefficient (Wildman–Crippen LogP) is 1.43. The van der Waals surface area contributed by atoms with Gasteiger partial charge in [-0.15, -0.1) is 0 Å². The van der Waals surface area contributed by atoms with Crippen LogP contribution in [0.5, 0.6) is 5.88 Å². The van der Waals surface area contributed by atoms with E-state index in [2.05, 4.69) is 15.5 Å². The lowest BCUT2D eigenvalue weighted by atomic mass is 10.0. The van der Waals surface area contributed by atoms with E-state index in [1.165, 1.54) is 26.6 Å². The first-order valence-electron chi connectivity index (χ1n) is 8.66. The number of nitrogens with zero attached hydrogens (tertiary/aromatic N) is 1. The van der Waals surface area contributed by atoms with E-state index in [9.17, 15) is 14.4 Å². The molecule has 0 radical (unpaired) electrons. The molecule has 10 heteroatoms. The molecule has 0 saturated heterocycles. The van der Waals surface area contributed by atoms with Gasteiger partial charge in [-0.2, -0.15) is 5.10 Å². The Morgan fingerprint density at radius 3 is 2.69 bits per heavy atom. The number of rotatable bonds is 7. The van der Waals surface area contributed by atoms with Crippen molar-refractivity contribution in [2.24, 2.45) is 5.10 Å². The highest BCUT2D eigenvalue weighted by Gasteiger charge is 2.30. The molecule has 29 heavy (non-hydrogen) atoms. The second kappa shape index (κ2) is 8.46. The topological polar surface area (TPSA) is 132 Å². The van der Waals surface area contributed by atoms with Gasteiger partial charge in [-0.25, -0.2) is 10.2 Å². The van der Waals surface area contributed by atoms with E-state index in [1.807, 2.05) is 0 Å². The van der Waals surface area contributed by atoms with Crippen molar-refractivity contribution < 1.29 is 33.0 Å². The van der Waals surface area contributed by atoms with Gasteiger partial charge in [-0.05, 0) is 25.1 Å². The molecule has 1 aliphatic rings. The van der Waals surface area contributed by atoms with Gasteiger partial charge < -0.3 is 23.6 Å². The summed E-state index contributed by atoms with van der Waals surface area (Å²) in [5, 5.41) is 3.98. The third-order valence-corrected chi connectivity index (χ3v) is 4.13. The number of hydrazone groups is 1. The smallest absolute Gasteiger partial charge is 0.340 e. The molecule has 0 aliphatic carbocycles. The van der Waals surface area contributed by atoms with Crippen LogP contribution in [0.4, 0.5) is 0 Å². The van der Waals surface area contributed by atoms with Crippen LogP contribution in [0.3, 0.4) is 0 Å². The number of H-pyrrole nitrogens is 1. The minimum Gasteiger partial charge on any atom is -0.479 e. The molecule has 0 saturated carbocycles. The van der Waals surface area contributed by atoms with Gasteiger partial charge in [0.2, 0.25) is 0 Å². The average molecular weight is 401 g/mol. The zero-order chi connectivity index (χ0) is 21.0. The van der Waals surface area contributed by atoms with Gasteiger partial charge in [-0.1, -0.05) is 0 Å². The first kappa shape index (κ1) is 19.9. The molecule has 2 N–H and O–H groups in total. The quantitative estimate of drug-likeness (QED) is 0.530. The molecule has 10 nitrogen and oxygen atoms in total. The maximum Gasteiger partial charge on any atom is 0.340 e. The molecule has 152 valence electrons. The lowest BCUT2D eigenvalue weighted by Crippen LogP contribution is -2.14. The van der Waals surface area contributed by atoms with E-state index >= 15 is 0 Å². The van der Waals surface area contributed by atoms with Crippen LogP contribution < -0.4 is 10.2 Å². The maximum absolute atomic E-state index is 12.5. The Hall–Kier alpha value is -3.82. The lowest BCUT2D eigenvalue weighted by Gasteiger charge is -2.06. The molecule has 3 heterocycles. The molecular weight excluding hydrogens is 382 g/mol. The van der Waals surface area contributed by atoms with Crippen LogP contribution in [0.2, 0.25) is 0 Å². The molecule has 2 aromatic heterocycles. The van der Waals surface area contributed by atoms with E-state index in [1.54, 1.807) is 19.1 Å². The number of carbonyl (C=O) groups excluding carboxylic acids is 3. The normalized spacial score (nSPS) is 14.5. The van der Waals surface area contributed by atoms with Crippen LogP contribution in [-0.4, -0.2) is 49.4 Å². The van der Waals surface area contributed by atoms with E-state index in [4.69, 9.17) is 18.6 Å². The third kappa shape index (κ3) is 3.91. The van der Waals surface area contributed by atoms with Gasteiger partial charge in [0.25, 0.3) is 5.91 Å². The van der Waals surface area contributed by atoms with E-state index in [0.29, 0.717) is 5.76 Å². The van der Waals surface area contributed by atoms with E-state index < -0.39 is 17.8 Å². The summed E-state index contributed by atoms with van der Waals surface area (Å²) in [6.45, 7) is 2.04.